The van der Waals surface area contributed by atoms with Crippen LogP contribution in [0.25, 0.3) is 0 Å². The third-order valence-electron chi connectivity index (χ3n) is 6.47. The lowest BCUT2D eigenvalue weighted by molar-refractivity contribution is -0.142. The Morgan fingerprint density at radius 1 is 0.333 bits per heavy atom. The van der Waals surface area contributed by atoms with Crippen LogP contribution in [-0.4, -0.2) is 143 Å². The van der Waals surface area contributed by atoms with Crippen LogP contribution in [-0.2, 0) is 52.2 Å². The number of carbonyl (C=O) groups is 1. The molecule has 0 amide bonds. The number of carboxylic acids is 1. The monoisotopic (exact) mass is 654 g/mol. The number of ether oxygens (including phenoxy) is 10. The standard InChI is InChI=1S/C33H66O12/c1-2-3-4-5-6-7-8-9-10-11-12-13-36-14-15-37-16-17-38-18-19-39-20-21-40-22-23-41-24-25-42-26-27-43-28-29-44-30-31-45-32-33(34)35/h2-32H2,1H3,(H,34,35). The van der Waals surface area contributed by atoms with Crippen molar-refractivity contribution < 1.29 is 57.3 Å². The topological polar surface area (TPSA) is 130 Å². The first-order valence-electron chi connectivity index (χ1n) is 17.3. The van der Waals surface area contributed by atoms with E-state index in [1.54, 1.807) is 0 Å². The number of carboxylic acid groups (broad SMARTS) is 1. The highest BCUT2D eigenvalue weighted by Crippen LogP contribution is 2.11. The van der Waals surface area contributed by atoms with Crippen LogP contribution in [0.15, 0.2) is 0 Å². The first-order valence-corrected chi connectivity index (χ1v) is 17.3. The van der Waals surface area contributed by atoms with Crippen molar-refractivity contribution in [1.82, 2.24) is 0 Å². The van der Waals surface area contributed by atoms with Gasteiger partial charge in [-0.1, -0.05) is 71.1 Å². The molecule has 0 bridgehead atoms. The van der Waals surface area contributed by atoms with E-state index in [9.17, 15) is 4.79 Å². The van der Waals surface area contributed by atoms with E-state index in [4.69, 9.17) is 52.5 Å². The van der Waals surface area contributed by atoms with E-state index in [-0.39, 0.29) is 13.2 Å². The number of rotatable bonds is 41. The van der Waals surface area contributed by atoms with Gasteiger partial charge >= 0.3 is 5.97 Å². The third-order valence-corrected chi connectivity index (χ3v) is 6.47. The summed E-state index contributed by atoms with van der Waals surface area (Å²) in [6.45, 7) is 11.6. The molecule has 1 N–H and O–H groups in total. The van der Waals surface area contributed by atoms with Crippen molar-refractivity contribution in [3.63, 3.8) is 0 Å². The second-order valence-electron chi connectivity index (χ2n) is 10.5. The maximum atomic E-state index is 10.3. The van der Waals surface area contributed by atoms with E-state index in [1.165, 1.54) is 64.2 Å². The summed E-state index contributed by atoms with van der Waals surface area (Å²) in [5, 5.41) is 8.43. The quantitative estimate of drug-likeness (QED) is 0.0929. The van der Waals surface area contributed by atoms with Gasteiger partial charge in [0.25, 0.3) is 0 Å². The van der Waals surface area contributed by atoms with Gasteiger partial charge in [-0.05, 0) is 6.42 Å². The van der Waals surface area contributed by atoms with Gasteiger partial charge in [-0.15, -0.1) is 0 Å². The highest BCUT2D eigenvalue weighted by atomic mass is 16.6. The largest absolute Gasteiger partial charge is 0.480 e. The summed E-state index contributed by atoms with van der Waals surface area (Å²) in [5.74, 6) is -0.991. The van der Waals surface area contributed by atoms with Gasteiger partial charge in [0.05, 0.1) is 119 Å². The average molecular weight is 655 g/mol. The predicted octanol–water partition coefficient (Wildman–Crippen LogP) is 4.55. The van der Waals surface area contributed by atoms with E-state index in [0.717, 1.165) is 13.0 Å². The highest BCUT2D eigenvalue weighted by molar-refractivity contribution is 5.67. The van der Waals surface area contributed by atoms with E-state index < -0.39 is 5.97 Å². The molecule has 0 heterocycles. The summed E-state index contributed by atoms with van der Waals surface area (Å²) in [5.41, 5.74) is 0. The molecule has 12 nitrogen and oxygen atoms in total. The molecule has 0 saturated heterocycles. The Kier molecular flexibility index (Phi) is 40.2. The zero-order valence-corrected chi connectivity index (χ0v) is 28.4. The zero-order chi connectivity index (χ0) is 32.6. The molecule has 0 aliphatic rings. The van der Waals surface area contributed by atoms with Crippen molar-refractivity contribution in [3.8, 4) is 0 Å². The lowest BCUT2D eigenvalue weighted by Gasteiger charge is -2.09. The number of hydrogen-bond acceptors (Lipinski definition) is 11. The van der Waals surface area contributed by atoms with Gasteiger partial charge in [0, 0.05) is 6.61 Å². The minimum atomic E-state index is -0.991. The Hall–Kier alpha value is -0.930. The lowest BCUT2D eigenvalue weighted by atomic mass is 10.1. The van der Waals surface area contributed by atoms with E-state index in [0.29, 0.717) is 112 Å². The molecule has 0 aliphatic heterocycles. The fraction of sp³-hybridized carbons (Fsp3) is 0.970. The maximum Gasteiger partial charge on any atom is 0.329 e. The Bertz CT molecular complexity index is 556. The summed E-state index contributed by atoms with van der Waals surface area (Å²) in [4.78, 5) is 10.3. The van der Waals surface area contributed by atoms with Crippen LogP contribution in [0.2, 0.25) is 0 Å². The van der Waals surface area contributed by atoms with Gasteiger partial charge < -0.3 is 52.5 Å². The minimum Gasteiger partial charge on any atom is -0.480 e. The van der Waals surface area contributed by atoms with Gasteiger partial charge in [0.1, 0.15) is 6.61 Å². The second-order valence-corrected chi connectivity index (χ2v) is 10.5. The smallest absolute Gasteiger partial charge is 0.329 e. The predicted molar refractivity (Wildman–Crippen MR) is 172 cm³/mol. The summed E-state index contributed by atoms with van der Waals surface area (Å²) < 4.78 is 54.0. The van der Waals surface area contributed by atoms with Crippen LogP contribution in [0.5, 0.6) is 0 Å². The van der Waals surface area contributed by atoms with Gasteiger partial charge in [-0.25, -0.2) is 4.79 Å². The highest BCUT2D eigenvalue weighted by Gasteiger charge is 1.98. The number of unbranched alkanes of at least 4 members (excludes halogenated alkanes) is 10. The molecule has 0 radical (unpaired) electrons. The molecule has 0 atom stereocenters. The molecule has 270 valence electrons. The molecule has 45 heavy (non-hydrogen) atoms. The summed E-state index contributed by atoms with van der Waals surface area (Å²) >= 11 is 0. The van der Waals surface area contributed by atoms with Crippen molar-refractivity contribution in [3.05, 3.63) is 0 Å². The SMILES string of the molecule is CCCCCCCCCCCCCOCCOCCOCCOCCOCCOCCOCCOCCOCCOCC(=O)O. The van der Waals surface area contributed by atoms with Crippen LogP contribution in [0.4, 0.5) is 0 Å². The Balaban J connectivity index is 3.04. The zero-order valence-electron chi connectivity index (χ0n) is 28.4. The average Bonchev–Trinajstić information content (AvgIpc) is 3.03. The number of aliphatic carboxylic acids is 1. The molecule has 0 spiro atoms. The Morgan fingerprint density at radius 3 is 0.822 bits per heavy atom. The first-order chi connectivity index (χ1) is 22.3. The normalized spacial score (nSPS) is 11.5. The van der Waals surface area contributed by atoms with Crippen molar-refractivity contribution >= 4 is 5.97 Å². The maximum absolute atomic E-state index is 10.3. The van der Waals surface area contributed by atoms with Crippen LogP contribution < -0.4 is 0 Å². The van der Waals surface area contributed by atoms with E-state index in [2.05, 4.69) is 6.92 Å². The summed E-state index contributed by atoms with van der Waals surface area (Å²) in [6, 6.07) is 0. The molecule has 0 aromatic carbocycles. The molecule has 0 aromatic rings. The third kappa shape index (κ3) is 43.1. The van der Waals surface area contributed by atoms with Crippen LogP contribution >= 0.6 is 0 Å². The van der Waals surface area contributed by atoms with Crippen LogP contribution in [0.1, 0.15) is 77.6 Å². The van der Waals surface area contributed by atoms with Gasteiger partial charge in [0.15, 0.2) is 0 Å². The van der Waals surface area contributed by atoms with Gasteiger partial charge in [-0.2, -0.15) is 0 Å². The van der Waals surface area contributed by atoms with E-state index >= 15 is 0 Å². The van der Waals surface area contributed by atoms with Crippen molar-refractivity contribution in [1.29, 1.82) is 0 Å². The van der Waals surface area contributed by atoms with Crippen molar-refractivity contribution in [2.75, 3.05) is 132 Å². The first kappa shape index (κ1) is 44.1. The van der Waals surface area contributed by atoms with Gasteiger partial charge in [-0.3, -0.25) is 0 Å². The second kappa shape index (κ2) is 41.1. The van der Waals surface area contributed by atoms with Crippen LogP contribution in [0.3, 0.4) is 0 Å². The molecular weight excluding hydrogens is 588 g/mol. The Morgan fingerprint density at radius 2 is 0.556 bits per heavy atom. The fourth-order valence-electron chi connectivity index (χ4n) is 4.01. The molecule has 0 aromatic heterocycles. The lowest BCUT2D eigenvalue weighted by Crippen LogP contribution is -2.15. The molecule has 0 aliphatic carbocycles. The molecule has 0 rings (SSSR count). The summed E-state index contributed by atoms with van der Waals surface area (Å²) in [6.07, 6.45) is 14.8. The molecular formula is C33H66O12. The number of hydrogen-bond donors (Lipinski definition) is 1. The molecule has 0 fully saturated rings. The van der Waals surface area contributed by atoms with Crippen molar-refractivity contribution in [2.24, 2.45) is 0 Å². The van der Waals surface area contributed by atoms with Crippen molar-refractivity contribution in [2.45, 2.75) is 77.6 Å². The fourth-order valence-corrected chi connectivity index (χ4v) is 4.01. The summed E-state index contributed by atoms with van der Waals surface area (Å²) in [7, 11) is 0. The molecule has 12 heteroatoms. The van der Waals surface area contributed by atoms with Gasteiger partial charge in [0.2, 0.25) is 0 Å². The Labute approximate surface area is 273 Å². The van der Waals surface area contributed by atoms with E-state index in [1.807, 2.05) is 0 Å². The van der Waals surface area contributed by atoms with Crippen LogP contribution in [0, 0.1) is 0 Å². The molecule has 0 unspecified atom stereocenters. The molecule has 0 saturated carbocycles. The minimum absolute atomic E-state index is 0.247.